The van der Waals surface area contributed by atoms with Crippen molar-refractivity contribution in [2.24, 2.45) is 10.2 Å². The van der Waals surface area contributed by atoms with Gasteiger partial charge >= 0.3 is 0 Å². The molecule has 0 radical (unpaired) electrons. The molecule has 0 aliphatic carbocycles. The Hall–Kier alpha value is -2.16. The van der Waals surface area contributed by atoms with Gasteiger partial charge < -0.3 is 4.90 Å². The van der Waals surface area contributed by atoms with Crippen LogP contribution in [0.3, 0.4) is 0 Å². The molecule has 146 valence electrons. The number of aryl methyl sites for hydroxylation is 1. The molecule has 0 aliphatic heterocycles. The number of nitrogens with zero attached hydrogens (tertiary/aromatic N) is 3. The van der Waals surface area contributed by atoms with Crippen molar-refractivity contribution in [2.75, 3.05) is 18.0 Å². The van der Waals surface area contributed by atoms with Crippen LogP contribution in [0.2, 0.25) is 0 Å². The SMILES string of the molecule is CCCCc1ccc(/N=N/c2ccc(N(CCCC)CCCC)cc2)cc1. The Morgan fingerprint density at radius 3 is 1.59 bits per heavy atom. The van der Waals surface area contributed by atoms with Crippen LogP contribution < -0.4 is 4.90 Å². The second-order valence-corrected chi connectivity index (χ2v) is 7.18. The molecule has 0 amide bonds. The minimum absolute atomic E-state index is 0.903. The van der Waals surface area contributed by atoms with E-state index in [0.717, 1.165) is 30.9 Å². The second-order valence-electron chi connectivity index (χ2n) is 7.18. The van der Waals surface area contributed by atoms with E-state index in [1.165, 1.54) is 49.8 Å². The van der Waals surface area contributed by atoms with Gasteiger partial charge in [0.2, 0.25) is 0 Å². The van der Waals surface area contributed by atoms with Gasteiger partial charge in [0.1, 0.15) is 0 Å². The molecule has 0 aliphatic rings. The minimum atomic E-state index is 0.903. The van der Waals surface area contributed by atoms with Crippen molar-refractivity contribution in [3.8, 4) is 0 Å². The monoisotopic (exact) mass is 365 g/mol. The highest BCUT2D eigenvalue weighted by Crippen LogP contribution is 2.23. The normalized spacial score (nSPS) is 11.2. The molecular weight excluding hydrogens is 330 g/mol. The molecule has 0 unspecified atom stereocenters. The van der Waals surface area contributed by atoms with Gasteiger partial charge in [-0.1, -0.05) is 52.2 Å². The van der Waals surface area contributed by atoms with E-state index in [0.29, 0.717) is 0 Å². The van der Waals surface area contributed by atoms with E-state index in [1.54, 1.807) is 0 Å². The fourth-order valence-corrected chi connectivity index (χ4v) is 3.02. The van der Waals surface area contributed by atoms with Crippen molar-refractivity contribution < 1.29 is 0 Å². The van der Waals surface area contributed by atoms with Crippen LogP contribution in [0, 0.1) is 0 Å². The third-order valence-electron chi connectivity index (χ3n) is 4.81. The summed E-state index contributed by atoms with van der Waals surface area (Å²) in [5.74, 6) is 0. The molecule has 2 aromatic carbocycles. The van der Waals surface area contributed by atoms with Crippen LogP contribution in [0.25, 0.3) is 0 Å². The van der Waals surface area contributed by atoms with Gasteiger partial charge in [-0.2, -0.15) is 10.2 Å². The molecule has 0 heterocycles. The molecular formula is C24H35N3. The third kappa shape index (κ3) is 7.54. The topological polar surface area (TPSA) is 28.0 Å². The first kappa shape index (κ1) is 21.1. The molecule has 2 rings (SSSR count). The van der Waals surface area contributed by atoms with Gasteiger partial charge in [-0.3, -0.25) is 0 Å². The maximum atomic E-state index is 4.40. The maximum Gasteiger partial charge on any atom is 0.0858 e. The van der Waals surface area contributed by atoms with Gasteiger partial charge in [0.15, 0.2) is 0 Å². The zero-order valence-corrected chi connectivity index (χ0v) is 17.3. The van der Waals surface area contributed by atoms with Gasteiger partial charge in [0, 0.05) is 18.8 Å². The molecule has 3 nitrogen and oxygen atoms in total. The average molecular weight is 366 g/mol. The molecule has 0 aromatic heterocycles. The van der Waals surface area contributed by atoms with E-state index in [4.69, 9.17) is 0 Å². The van der Waals surface area contributed by atoms with Crippen molar-refractivity contribution in [2.45, 2.75) is 65.7 Å². The van der Waals surface area contributed by atoms with Crippen molar-refractivity contribution in [1.29, 1.82) is 0 Å². The number of hydrogen-bond donors (Lipinski definition) is 0. The van der Waals surface area contributed by atoms with Crippen molar-refractivity contribution >= 4 is 17.1 Å². The summed E-state index contributed by atoms with van der Waals surface area (Å²) >= 11 is 0. The fourth-order valence-electron chi connectivity index (χ4n) is 3.02. The van der Waals surface area contributed by atoms with Crippen LogP contribution in [-0.2, 0) is 6.42 Å². The van der Waals surface area contributed by atoms with E-state index >= 15 is 0 Å². The zero-order valence-electron chi connectivity index (χ0n) is 17.3. The third-order valence-corrected chi connectivity index (χ3v) is 4.81. The number of unbranched alkanes of at least 4 members (excludes halogenated alkanes) is 3. The molecule has 0 atom stereocenters. The predicted molar refractivity (Wildman–Crippen MR) is 118 cm³/mol. The predicted octanol–water partition coefficient (Wildman–Crippen LogP) is 7.85. The molecule has 0 saturated carbocycles. The van der Waals surface area contributed by atoms with Crippen LogP contribution in [-0.4, -0.2) is 13.1 Å². The Morgan fingerprint density at radius 1 is 0.630 bits per heavy atom. The van der Waals surface area contributed by atoms with Crippen molar-refractivity contribution in [3.63, 3.8) is 0 Å². The van der Waals surface area contributed by atoms with Gasteiger partial charge in [0.05, 0.1) is 11.4 Å². The lowest BCUT2D eigenvalue weighted by Gasteiger charge is -2.24. The summed E-state index contributed by atoms with van der Waals surface area (Å²) in [6.45, 7) is 8.97. The van der Waals surface area contributed by atoms with E-state index < -0.39 is 0 Å². The Kier molecular flexibility index (Phi) is 9.61. The van der Waals surface area contributed by atoms with Gasteiger partial charge in [-0.25, -0.2) is 0 Å². The van der Waals surface area contributed by atoms with Gasteiger partial charge in [0.25, 0.3) is 0 Å². The number of hydrogen-bond acceptors (Lipinski definition) is 3. The summed E-state index contributed by atoms with van der Waals surface area (Å²) in [5.41, 5.74) is 4.47. The van der Waals surface area contributed by atoms with Gasteiger partial charge in [-0.15, -0.1) is 0 Å². The highest BCUT2D eigenvalue weighted by Gasteiger charge is 2.05. The lowest BCUT2D eigenvalue weighted by Crippen LogP contribution is -2.25. The Morgan fingerprint density at radius 2 is 1.11 bits per heavy atom. The molecule has 0 bridgehead atoms. The molecule has 0 saturated heterocycles. The van der Waals surface area contributed by atoms with Crippen LogP contribution in [0.4, 0.5) is 17.1 Å². The summed E-state index contributed by atoms with van der Waals surface area (Å²) in [6, 6.07) is 16.9. The zero-order chi connectivity index (χ0) is 19.3. The average Bonchev–Trinajstić information content (AvgIpc) is 2.72. The Bertz CT molecular complexity index is 651. The number of benzene rings is 2. The summed E-state index contributed by atoms with van der Waals surface area (Å²) in [5, 5.41) is 8.78. The first-order valence-corrected chi connectivity index (χ1v) is 10.6. The van der Waals surface area contributed by atoms with E-state index in [1.807, 2.05) is 0 Å². The molecule has 0 fully saturated rings. The molecule has 2 aromatic rings. The summed E-state index contributed by atoms with van der Waals surface area (Å²) in [6.07, 6.45) is 8.53. The highest BCUT2D eigenvalue weighted by atomic mass is 15.1. The fraction of sp³-hybridized carbons (Fsp3) is 0.500. The lowest BCUT2D eigenvalue weighted by molar-refractivity contribution is 0.678. The van der Waals surface area contributed by atoms with Crippen LogP contribution in [0.1, 0.15) is 64.9 Å². The first-order chi connectivity index (χ1) is 13.3. The van der Waals surface area contributed by atoms with Crippen LogP contribution in [0.15, 0.2) is 58.8 Å². The van der Waals surface area contributed by atoms with E-state index in [2.05, 4.69) is 84.4 Å². The number of azo groups is 1. The minimum Gasteiger partial charge on any atom is -0.372 e. The van der Waals surface area contributed by atoms with Crippen molar-refractivity contribution in [1.82, 2.24) is 0 Å². The van der Waals surface area contributed by atoms with E-state index in [9.17, 15) is 0 Å². The second kappa shape index (κ2) is 12.3. The summed E-state index contributed by atoms with van der Waals surface area (Å²) in [7, 11) is 0. The smallest absolute Gasteiger partial charge is 0.0858 e. The Balaban J connectivity index is 1.97. The lowest BCUT2D eigenvalue weighted by atomic mass is 10.1. The number of anilines is 1. The Labute approximate surface area is 165 Å². The quantitative estimate of drug-likeness (QED) is 0.352. The van der Waals surface area contributed by atoms with Crippen LogP contribution in [0.5, 0.6) is 0 Å². The molecule has 0 spiro atoms. The first-order valence-electron chi connectivity index (χ1n) is 10.6. The summed E-state index contributed by atoms with van der Waals surface area (Å²) < 4.78 is 0. The molecule has 27 heavy (non-hydrogen) atoms. The molecule has 0 N–H and O–H groups in total. The van der Waals surface area contributed by atoms with Crippen molar-refractivity contribution in [3.05, 3.63) is 54.1 Å². The standard InChI is InChI=1S/C24H35N3/c1-4-7-10-21-11-13-22(14-12-21)25-26-23-15-17-24(18-16-23)27(19-8-5-2)20-9-6-3/h11-18H,4-10,19-20H2,1-3H3/b26-25+. The maximum absolute atomic E-state index is 4.40. The highest BCUT2D eigenvalue weighted by molar-refractivity contribution is 5.53. The summed E-state index contributed by atoms with van der Waals surface area (Å²) in [4.78, 5) is 2.49. The van der Waals surface area contributed by atoms with E-state index in [-0.39, 0.29) is 0 Å². The van der Waals surface area contributed by atoms with Gasteiger partial charge in [-0.05, 0) is 67.6 Å². The van der Waals surface area contributed by atoms with Crippen LogP contribution >= 0.6 is 0 Å². The number of rotatable bonds is 12. The molecule has 3 heteroatoms. The largest absolute Gasteiger partial charge is 0.372 e.